The maximum atomic E-state index is 12.5. The third kappa shape index (κ3) is 2.40. The minimum Gasteiger partial charge on any atom is -0.461 e. The third-order valence-corrected chi connectivity index (χ3v) is 3.33. The van der Waals surface area contributed by atoms with E-state index in [0.29, 0.717) is 18.8 Å². The predicted molar refractivity (Wildman–Crippen MR) is 76.3 cm³/mol. The lowest BCUT2D eigenvalue weighted by atomic mass is 10.2. The summed E-state index contributed by atoms with van der Waals surface area (Å²) in [5, 5.41) is 4.14. The number of anilines is 1. The van der Waals surface area contributed by atoms with E-state index in [0.717, 1.165) is 5.69 Å². The van der Waals surface area contributed by atoms with Crippen LogP contribution in [0.3, 0.4) is 0 Å². The van der Waals surface area contributed by atoms with Gasteiger partial charge in [0, 0.05) is 18.3 Å². The number of nitrogens with zero attached hydrogens (tertiary/aromatic N) is 3. The summed E-state index contributed by atoms with van der Waals surface area (Å²) in [4.78, 5) is 25.9. The van der Waals surface area contributed by atoms with Gasteiger partial charge in [-0.2, -0.15) is 5.10 Å². The van der Waals surface area contributed by atoms with Gasteiger partial charge in [0.05, 0.1) is 13.2 Å². The van der Waals surface area contributed by atoms with Gasteiger partial charge in [-0.15, -0.1) is 0 Å². The lowest BCUT2D eigenvalue weighted by molar-refractivity contribution is 0.0518. The zero-order valence-electron chi connectivity index (χ0n) is 11.7. The average molecular weight is 285 g/mol. The molecule has 1 aromatic heterocycles. The number of fused-ring (bicyclic) bond motifs is 1. The maximum absolute atomic E-state index is 12.5. The van der Waals surface area contributed by atoms with Crippen LogP contribution in [0.2, 0.25) is 0 Å². The second-order valence-electron chi connectivity index (χ2n) is 4.65. The molecule has 1 aliphatic rings. The molecule has 0 N–H and O–H groups in total. The van der Waals surface area contributed by atoms with E-state index in [-0.39, 0.29) is 18.2 Å². The van der Waals surface area contributed by atoms with Crippen molar-refractivity contribution in [2.45, 2.75) is 13.5 Å². The molecule has 1 aromatic carbocycles. The molecule has 0 saturated carbocycles. The summed E-state index contributed by atoms with van der Waals surface area (Å²) < 4.78 is 6.48. The van der Waals surface area contributed by atoms with Crippen molar-refractivity contribution < 1.29 is 14.3 Å². The van der Waals surface area contributed by atoms with Crippen LogP contribution in [0.1, 0.15) is 27.9 Å². The molecule has 2 heterocycles. The van der Waals surface area contributed by atoms with Crippen LogP contribution in [-0.4, -0.2) is 34.8 Å². The molecule has 0 spiro atoms. The molecule has 21 heavy (non-hydrogen) atoms. The molecule has 0 bridgehead atoms. The van der Waals surface area contributed by atoms with Crippen molar-refractivity contribution in [3.05, 3.63) is 47.8 Å². The number of para-hydroxylation sites is 1. The Kier molecular flexibility index (Phi) is 3.43. The van der Waals surface area contributed by atoms with Crippen molar-refractivity contribution in [3.8, 4) is 0 Å². The Morgan fingerprint density at radius 1 is 1.29 bits per heavy atom. The zero-order chi connectivity index (χ0) is 14.8. The Hall–Kier alpha value is -2.63. The van der Waals surface area contributed by atoms with Crippen LogP contribution in [0.15, 0.2) is 36.4 Å². The summed E-state index contributed by atoms with van der Waals surface area (Å²) >= 11 is 0. The molecule has 1 amide bonds. The van der Waals surface area contributed by atoms with Crippen LogP contribution >= 0.6 is 0 Å². The molecule has 1 aliphatic heterocycles. The molecule has 6 heteroatoms. The second kappa shape index (κ2) is 5.40. The number of amides is 1. The zero-order valence-corrected chi connectivity index (χ0v) is 11.7. The van der Waals surface area contributed by atoms with E-state index in [1.165, 1.54) is 6.07 Å². The summed E-state index contributed by atoms with van der Waals surface area (Å²) in [7, 11) is 0. The number of carbonyl (C=O) groups excluding carboxylic acids is 2. The van der Waals surface area contributed by atoms with Crippen LogP contribution in [-0.2, 0) is 11.3 Å². The molecule has 6 nitrogen and oxygen atoms in total. The highest BCUT2D eigenvalue weighted by molar-refractivity contribution is 6.06. The van der Waals surface area contributed by atoms with E-state index in [2.05, 4.69) is 5.10 Å². The van der Waals surface area contributed by atoms with E-state index in [4.69, 9.17) is 4.74 Å². The average Bonchev–Trinajstić information content (AvgIpc) is 2.94. The minimum atomic E-state index is -0.501. The second-order valence-corrected chi connectivity index (χ2v) is 4.65. The number of hydrogen-bond donors (Lipinski definition) is 0. The Balaban J connectivity index is 1.90. The first-order valence-electron chi connectivity index (χ1n) is 6.82. The first kappa shape index (κ1) is 13.4. The highest BCUT2D eigenvalue weighted by Gasteiger charge is 2.28. The number of hydrogen-bond acceptors (Lipinski definition) is 4. The Morgan fingerprint density at radius 3 is 2.76 bits per heavy atom. The van der Waals surface area contributed by atoms with Gasteiger partial charge in [-0.3, -0.25) is 9.48 Å². The summed E-state index contributed by atoms with van der Waals surface area (Å²) in [6.07, 6.45) is 0. The molecule has 0 atom stereocenters. The monoisotopic (exact) mass is 285 g/mol. The Morgan fingerprint density at radius 2 is 2.05 bits per heavy atom. The van der Waals surface area contributed by atoms with Gasteiger partial charge in [0.15, 0.2) is 5.69 Å². The number of carbonyl (C=O) groups is 2. The number of rotatable bonds is 3. The van der Waals surface area contributed by atoms with Gasteiger partial charge >= 0.3 is 5.97 Å². The summed E-state index contributed by atoms with van der Waals surface area (Å²) in [6, 6.07) is 10.9. The van der Waals surface area contributed by atoms with E-state index < -0.39 is 5.97 Å². The fourth-order valence-corrected chi connectivity index (χ4v) is 2.35. The van der Waals surface area contributed by atoms with Gasteiger partial charge in [0.25, 0.3) is 5.91 Å². The number of esters is 1. The molecule has 2 aromatic rings. The van der Waals surface area contributed by atoms with Gasteiger partial charge in [-0.05, 0) is 19.1 Å². The largest absolute Gasteiger partial charge is 0.461 e. The van der Waals surface area contributed by atoms with Gasteiger partial charge in [0.1, 0.15) is 5.69 Å². The van der Waals surface area contributed by atoms with Crippen molar-refractivity contribution in [2.24, 2.45) is 0 Å². The number of aromatic nitrogens is 2. The van der Waals surface area contributed by atoms with Crippen LogP contribution < -0.4 is 4.90 Å². The van der Waals surface area contributed by atoms with E-state index in [9.17, 15) is 9.59 Å². The van der Waals surface area contributed by atoms with Crippen LogP contribution in [0.25, 0.3) is 0 Å². The van der Waals surface area contributed by atoms with Crippen LogP contribution in [0, 0.1) is 0 Å². The molecule has 0 saturated heterocycles. The molecule has 0 fully saturated rings. The fraction of sp³-hybridized carbons (Fsp3) is 0.267. The lowest BCUT2D eigenvalue weighted by Gasteiger charge is -2.27. The minimum absolute atomic E-state index is 0.157. The van der Waals surface area contributed by atoms with E-state index in [1.807, 2.05) is 30.3 Å². The Labute approximate surface area is 121 Å². The smallest absolute Gasteiger partial charge is 0.358 e. The molecule has 0 aliphatic carbocycles. The summed E-state index contributed by atoms with van der Waals surface area (Å²) in [5.41, 5.74) is 1.43. The van der Waals surface area contributed by atoms with Crippen molar-refractivity contribution in [3.63, 3.8) is 0 Å². The molecule has 108 valence electrons. The number of ether oxygens (including phenoxy) is 1. The molecule has 0 unspecified atom stereocenters. The third-order valence-electron chi connectivity index (χ3n) is 3.33. The fourth-order valence-electron chi connectivity index (χ4n) is 2.35. The maximum Gasteiger partial charge on any atom is 0.358 e. The van der Waals surface area contributed by atoms with Crippen LogP contribution in [0.4, 0.5) is 5.69 Å². The standard InChI is InChI=1S/C15H15N3O3/c1-2-21-15(20)12-10-13-14(19)17(8-9-18(13)16-12)11-6-4-3-5-7-11/h3-7,10H,2,8-9H2,1H3. The van der Waals surface area contributed by atoms with Crippen LogP contribution in [0.5, 0.6) is 0 Å². The first-order valence-corrected chi connectivity index (χ1v) is 6.82. The predicted octanol–water partition coefficient (Wildman–Crippen LogP) is 1.72. The normalized spacial score (nSPS) is 14.0. The first-order chi connectivity index (χ1) is 10.2. The molecular weight excluding hydrogens is 270 g/mol. The van der Waals surface area contributed by atoms with Gasteiger partial charge in [-0.1, -0.05) is 18.2 Å². The summed E-state index contributed by atoms with van der Waals surface area (Å²) in [5.74, 6) is -0.658. The molecule has 3 rings (SSSR count). The van der Waals surface area contributed by atoms with Gasteiger partial charge in [0.2, 0.25) is 0 Å². The SMILES string of the molecule is CCOC(=O)c1cc2n(n1)CCN(c1ccccc1)C2=O. The molecular formula is C15H15N3O3. The summed E-state index contributed by atoms with van der Waals surface area (Å²) in [6.45, 7) is 3.09. The topological polar surface area (TPSA) is 64.4 Å². The van der Waals surface area contributed by atoms with Crippen molar-refractivity contribution in [2.75, 3.05) is 18.1 Å². The van der Waals surface area contributed by atoms with Gasteiger partial charge < -0.3 is 9.64 Å². The van der Waals surface area contributed by atoms with Crippen molar-refractivity contribution >= 4 is 17.6 Å². The van der Waals surface area contributed by atoms with Crippen molar-refractivity contribution in [1.82, 2.24) is 9.78 Å². The Bertz CT molecular complexity index is 679. The number of benzene rings is 1. The highest BCUT2D eigenvalue weighted by Crippen LogP contribution is 2.21. The van der Waals surface area contributed by atoms with Crippen molar-refractivity contribution in [1.29, 1.82) is 0 Å². The van der Waals surface area contributed by atoms with E-state index >= 15 is 0 Å². The highest BCUT2D eigenvalue weighted by atomic mass is 16.5. The lowest BCUT2D eigenvalue weighted by Crippen LogP contribution is -2.40. The quantitative estimate of drug-likeness (QED) is 0.805. The van der Waals surface area contributed by atoms with E-state index in [1.54, 1.807) is 16.5 Å². The van der Waals surface area contributed by atoms with Gasteiger partial charge in [-0.25, -0.2) is 4.79 Å². The molecule has 0 radical (unpaired) electrons.